The molecule has 1 aromatic heterocycles. The van der Waals surface area contributed by atoms with Crippen molar-refractivity contribution in [1.82, 2.24) is 4.98 Å². The first kappa shape index (κ1) is 12.1. The van der Waals surface area contributed by atoms with Crippen molar-refractivity contribution in [2.75, 3.05) is 5.73 Å². The number of rotatable bonds is 4. The monoisotopic (exact) mass is 252 g/mol. The maximum absolute atomic E-state index is 12.2. The highest BCUT2D eigenvalue weighted by atomic mass is 32.2. The maximum Gasteiger partial charge on any atom is 0.288 e. The lowest BCUT2D eigenvalue weighted by Crippen LogP contribution is -2.13. The molecular weight excluding hydrogens is 236 g/mol. The van der Waals surface area contributed by atoms with Crippen LogP contribution in [0, 0.1) is 0 Å². The first-order chi connectivity index (χ1) is 8.15. The first-order valence-corrected chi connectivity index (χ1v) is 6.93. The van der Waals surface area contributed by atoms with Crippen LogP contribution in [0.4, 0.5) is 5.69 Å². The zero-order valence-electron chi connectivity index (χ0n) is 9.97. The molecule has 0 fully saturated rings. The molecule has 2 rings (SSSR count). The zero-order chi connectivity index (χ0) is 12.4. The number of oxazole rings is 1. The number of fused-ring (bicyclic) bond motifs is 1. The molecular formula is C12H16N2O2S. The van der Waals surface area contributed by atoms with Gasteiger partial charge >= 0.3 is 0 Å². The van der Waals surface area contributed by atoms with Crippen LogP contribution in [0.25, 0.3) is 11.1 Å². The smallest absolute Gasteiger partial charge is 0.288 e. The van der Waals surface area contributed by atoms with Crippen LogP contribution in [0.15, 0.2) is 27.8 Å². The second-order valence-corrected chi connectivity index (χ2v) is 5.55. The molecule has 1 unspecified atom stereocenters. The van der Waals surface area contributed by atoms with E-state index in [0.717, 1.165) is 12.8 Å². The van der Waals surface area contributed by atoms with E-state index in [1.807, 2.05) is 13.8 Å². The minimum atomic E-state index is -1.18. The average Bonchev–Trinajstić information content (AvgIpc) is 2.73. The molecule has 2 aromatic rings. The normalized spacial score (nSPS) is 13.4. The SMILES string of the molecule is CCC(CC)S(=O)c1nc2cc(N)ccc2o1. The third-order valence-electron chi connectivity index (χ3n) is 2.78. The zero-order valence-corrected chi connectivity index (χ0v) is 10.8. The Morgan fingerprint density at radius 1 is 1.41 bits per heavy atom. The molecule has 0 bridgehead atoms. The van der Waals surface area contributed by atoms with Gasteiger partial charge in [-0.25, -0.2) is 9.19 Å². The Morgan fingerprint density at radius 3 is 2.76 bits per heavy atom. The summed E-state index contributed by atoms with van der Waals surface area (Å²) in [5, 5.41) is 0.403. The molecule has 1 heterocycles. The van der Waals surface area contributed by atoms with Gasteiger partial charge in [0, 0.05) is 10.9 Å². The van der Waals surface area contributed by atoms with Gasteiger partial charge < -0.3 is 10.2 Å². The van der Waals surface area contributed by atoms with Crippen LogP contribution >= 0.6 is 0 Å². The lowest BCUT2D eigenvalue weighted by Gasteiger charge is -2.07. The number of hydrogen-bond donors (Lipinski definition) is 1. The highest BCUT2D eigenvalue weighted by Gasteiger charge is 2.20. The summed E-state index contributed by atoms with van der Waals surface area (Å²) in [7, 11) is -1.18. The number of nitrogen functional groups attached to an aromatic ring is 1. The van der Waals surface area contributed by atoms with Gasteiger partial charge in [0.1, 0.15) is 16.3 Å². The molecule has 0 aliphatic carbocycles. The van der Waals surface area contributed by atoms with Crippen molar-refractivity contribution in [1.29, 1.82) is 0 Å². The van der Waals surface area contributed by atoms with E-state index in [9.17, 15) is 4.21 Å². The van der Waals surface area contributed by atoms with E-state index in [0.29, 0.717) is 22.0 Å². The quantitative estimate of drug-likeness (QED) is 0.849. The largest absolute Gasteiger partial charge is 0.430 e. The molecule has 1 atom stereocenters. The fraction of sp³-hybridized carbons (Fsp3) is 0.417. The first-order valence-electron chi connectivity index (χ1n) is 5.72. The van der Waals surface area contributed by atoms with Crippen LogP contribution < -0.4 is 5.73 Å². The second-order valence-electron chi connectivity index (χ2n) is 3.94. The Hall–Kier alpha value is -1.36. The predicted octanol–water partition coefficient (Wildman–Crippen LogP) is 2.71. The van der Waals surface area contributed by atoms with E-state index in [1.165, 1.54) is 0 Å². The Kier molecular flexibility index (Phi) is 3.47. The Morgan fingerprint density at radius 2 is 2.12 bits per heavy atom. The summed E-state index contributed by atoms with van der Waals surface area (Å²) < 4.78 is 17.7. The van der Waals surface area contributed by atoms with Crippen molar-refractivity contribution in [2.45, 2.75) is 37.2 Å². The van der Waals surface area contributed by atoms with Crippen molar-refractivity contribution in [3.05, 3.63) is 18.2 Å². The summed E-state index contributed by atoms with van der Waals surface area (Å²) >= 11 is 0. The van der Waals surface area contributed by atoms with E-state index >= 15 is 0 Å². The minimum absolute atomic E-state index is 0.0976. The van der Waals surface area contributed by atoms with Gasteiger partial charge in [-0.05, 0) is 31.0 Å². The summed E-state index contributed by atoms with van der Waals surface area (Å²) in [5.74, 6) is 0. The van der Waals surface area contributed by atoms with Gasteiger partial charge in [0.2, 0.25) is 0 Å². The summed E-state index contributed by atoms with van der Waals surface area (Å²) in [6, 6.07) is 5.23. The molecule has 5 heteroatoms. The maximum atomic E-state index is 12.2. The van der Waals surface area contributed by atoms with Gasteiger partial charge in [0.25, 0.3) is 5.22 Å². The standard InChI is InChI=1S/C12H16N2O2S/c1-3-9(4-2)17(15)12-14-10-7-8(13)5-6-11(10)16-12/h5-7,9H,3-4,13H2,1-2H3. The van der Waals surface area contributed by atoms with Crippen LogP contribution in [-0.4, -0.2) is 14.4 Å². The van der Waals surface area contributed by atoms with Crippen LogP contribution in [0.2, 0.25) is 0 Å². The van der Waals surface area contributed by atoms with E-state index in [2.05, 4.69) is 4.98 Å². The number of aromatic nitrogens is 1. The third-order valence-corrected chi connectivity index (χ3v) is 4.57. The number of anilines is 1. The van der Waals surface area contributed by atoms with Gasteiger partial charge in [0.05, 0.1) is 0 Å². The molecule has 0 saturated heterocycles. The Bertz CT molecular complexity index is 546. The number of hydrogen-bond acceptors (Lipinski definition) is 4. The molecule has 0 aliphatic heterocycles. The van der Waals surface area contributed by atoms with Gasteiger partial charge in [-0.3, -0.25) is 0 Å². The molecule has 1 aromatic carbocycles. The number of benzene rings is 1. The van der Waals surface area contributed by atoms with Gasteiger partial charge in [-0.1, -0.05) is 13.8 Å². The summed E-state index contributed by atoms with van der Waals surface area (Å²) in [6.45, 7) is 4.04. The molecule has 0 aliphatic rings. The Labute approximate surface area is 103 Å². The van der Waals surface area contributed by atoms with Crippen LogP contribution in [0.5, 0.6) is 0 Å². The molecule has 17 heavy (non-hydrogen) atoms. The lowest BCUT2D eigenvalue weighted by molar-refractivity contribution is 0.473. The Balaban J connectivity index is 2.39. The topological polar surface area (TPSA) is 69.1 Å². The van der Waals surface area contributed by atoms with E-state index < -0.39 is 10.8 Å². The summed E-state index contributed by atoms with van der Waals surface area (Å²) in [5.41, 5.74) is 7.59. The fourth-order valence-electron chi connectivity index (χ4n) is 1.74. The van der Waals surface area contributed by atoms with Crippen LogP contribution in [0.3, 0.4) is 0 Å². The van der Waals surface area contributed by atoms with Gasteiger partial charge in [0.15, 0.2) is 5.58 Å². The van der Waals surface area contributed by atoms with Crippen LogP contribution in [0.1, 0.15) is 26.7 Å². The van der Waals surface area contributed by atoms with Crippen molar-refractivity contribution >= 4 is 27.6 Å². The molecule has 0 spiro atoms. The van der Waals surface area contributed by atoms with E-state index in [1.54, 1.807) is 18.2 Å². The number of nitrogens with zero attached hydrogens (tertiary/aromatic N) is 1. The molecule has 92 valence electrons. The fourth-order valence-corrected chi connectivity index (χ4v) is 2.99. The number of nitrogens with two attached hydrogens (primary N) is 1. The summed E-state index contributed by atoms with van der Waals surface area (Å²) in [4.78, 5) is 4.24. The molecule has 0 saturated carbocycles. The highest BCUT2D eigenvalue weighted by Crippen LogP contribution is 2.23. The van der Waals surface area contributed by atoms with E-state index in [-0.39, 0.29) is 5.25 Å². The molecule has 2 N–H and O–H groups in total. The third kappa shape index (κ3) is 2.34. The van der Waals surface area contributed by atoms with Gasteiger partial charge in [-0.15, -0.1) is 0 Å². The molecule has 4 nitrogen and oxygen atoms in total. The van der Waals surface area contributed by atoms with Gasteiger partial charge in [-0.2, -0.15) is 0 Å². The highest BCUT2D eigenvalue weighted by molar-refractivity contribution is 7.85. The van der Waals surface area contributed by atoms with Crippen LogP contribution in [-0.2, 0) is 10.8 Å². The molecule has 0 radical (unpaired) electrons. The van der Waals surface area contributed by atoms with Crippen molar-refractivity contribution < 1.29 is 8.63 Å². The summed E-state index contributed by atoms with van der Waals surface area (Å²) in [6.07, 6.45) is 1.70. The minimum Gasteiger partial charge on any atom is -0.430 e. The van der Waals surface area contributed by atoms with Crippen molar-refractivity contribution in [3.63, 3.8) is 0 Å². The lowest BCUT2D eigenvalue weighted by atomic mass is 10.3. The average molecular weight is 252 g/mol. The van der Waals surface area contributed by atoms with Crippen molar-refractivity contribution in [3.8, 4) is 0 Å². The van der Waals surface area contributed by atoms with E-state index in [4.69, 9.17) is 10.2 Å². The second kappa shape index (κ2) is 4.87. The van der Waals surface area contributed by atoms with Crippen molar-refractivity contribution in [2.24, 2.45) is 0 Å². The predicted molar refractivity (Wildman–Crippen MR) is 69.2 cm³/mol. The molecule has 0 amide bonds.